The summed E-state index contributed by atoms with van der Waals surface area (Å²) in [5, 5.41) is 10.7. The first kappa shape index (κ1) is 13.1. The lowest BCUT2D eigenvalue weighted by molar-refractivity contribution is -0.191. The SMILES string of the molecule is CCN1CC(NC(=O)O)CCC1C(F)(F)F. The van der Waals surface area contributed by atoms with E-state index in [1.807, 2.05) is 0 Å². The van der Waals surface area contributed by atoms with Crippen LogP contribution in [0.15, 0.2) is 0 Å². The van der Waals surface area contributed by atoms with E-state index in [2.05, 4.69) is 5.32 Å². The molecule has 0 aliphatic carbocycles. The summed E-state index contributed by atoms with van der Waals surface area (Å²) in [6, 6.07) is -1.85. The van der Waals surface area contributed by atoms with Crippen LogP contribution >= 0.6 is 0 Å². The minimum Gasteiger partial charge on any atom is -0.465 e. The minimum atomic E-state index is -4.23. The molecule has 1 aliphatic rings. The Morgan fingerprint density at radius 1 is 1.50 bits per heavy atom. The molecule has 4 nitrogen and oxygen atoms in total. The van der Waals surface area contributed by atoms with Gasteiger partial charge in [0.15, 0.2) is 0 Å². The van der Waals surface area contributed by atoms with Crippen molar-refractivity contribution < 1.29 is 23.1 Å². The molecule has 0 radical (unpaired) electrons. The van der Waals surface area contributed by atoms with E-state index < -0.39 is 24.4 Å². The number of piperidine rings is 1. The lowest BCUT2D eigenvalue weighted by atomic mass is 9.98. The normalized spacial score (nSPS) is 27.8. The van der Waals surface area contributed by atoms with E-state index in [1.165, 1.54) is 4.90 Å². The van der Waals surface area contributed by atoms with Gasteiger partial charge in [-0.25, -0.2) is 4.79 Å². The van der Waals surface area contributed by atoms with Crippen LogP contribution < -0.4 is 5.32 Å². The number of hydrogen-bond acceptors (Lipinski definition) is 2. The molecule has 7 heteroatoms. The Bertz CT molecular complexity index is 258. The zero-order valence-corrected chi connectivity index (χ0v) is 8.92. The Kier molecular flexibility index (Phi) is 4.01. The van der Waals surface area contributed by atoms with E-state index >= 15 is 0 Å². The second kappa shape index (κ2) is 4.90. The van der Waals surface area contributed by atoms with Crippen molar-refractivity contribution in [2.45, 2.75) is 38.0 Å². The van der Waals surface area contributed by atoms with Crippen LogP contribution in [0.25, 0.3) is 0 Å². The molecular formula is C9H15F3N2O2. The summed E-state index contributed by atoms with van der Waals surface area (Å²) in [4.78, 5) is 11.7. The van der Waals surface area contributed by atoms with Crippen molar-refractivity contribution in [2.75, 3.05) is 13.1 Å². The predicted molar refractivity (Wildman–Crippen MR) is 51.3 cm³/mol. The summed E-state index contributed by atoms with van der Waals surface area (Å²) < 4.78 is 37.8. The number of nitrogens with zero attached hydrogens (tertiary/aromatic N) is 1. The van der Waals surface area contributed by atoms with Crippen molar-refractivity contribution in [3.8, 4) is 0 Å². The second-order valence-corrected chi connectivity index (χ2v) is 3.87. The van der Waals surface area contributed by atoms with Gasteiger partial charge >= 0.3 is 12.3 Å². The molecule has 1 rings (SSSR count). The van der Waals surface area contributed by atoms with Gasteiger partial charge in [-0.15, -0.1) is 0 Å². The molecule has 1 aliphatic heterocycles. The van der Waals surface area contributed by atoms with Crippen LogP contribution in [0.4, 0.5) is 18.0 Å². The van der Waals surface area contributed by atoms with Crippen LogP contribution in [-0.2, 0) is 0 Å². The van der Waals surface area contributed by atoms with Crippen molar-refractivity contribution in [1.29, 1.82) is 0 Å². The molecule has 1 saturated heterocycles. The molecule has 1 fully saturated rings. The standard InChI is InChI=1S/C9H15F3N2O2/c1-2-14-5-6(13-8(15)16)3-4-7(14)9(10,11)12/h6-7,13H,2-5H2,1H3,(H,15,16). The Morgan fingerprint density at radius 2 is 2.12 bits per heavy atom. The van der Waals surface area contributed by atoms with Crippen molar-refractivity contribution in [3.05, 3.63) is 0 Å². The van der Waals surface area contributed by atoms with Crippen molar-refractivity contribution in [3.63, 3.8) is 0 Å². The Labute approximate surface area is 91.4 Å². The molecule has 0 aromatic heterocycles. The highest BCUT2D eigenvalue weighted by molar-refractivity contribution is 5.64. The zero-order chi connectivity index (χ0) is 12.3. The molecule has 0 spiro atoms. The second-order valence-electron chi connectivity index (χ2n) is 3.87. The molecule has 2 unspecified atom stereocenters. The van der Waals surface area contributed by atoms with Gasteiger partial charge in [-0.2, -0.15) is 13.2 Å². The van der Waals surface area contributed by atoms with Crippen LogP contribution in [0.1, 0.15) is 19.8 Å². The summed E-state index contributed by atoms with van der Waals surface area (Å²) in [5.74, 6) is 0. The predicted octanol–water partition coefficient (Wildman–Crippen LogP) is 1.67. The topological polar surface area (TPSA) is 52.6 Å². The first-order valence-corrected chi connectivity index (χ1v) is 5.14. The number of carbonyl (C=O) groups is 1. The lowest BCUT2D eigenvalue weighted by Gasteiger charge is -2.39. The summed E-state index contributed by atoms with van der Waals surface area (Å²) in [5.41, 5.74) is 0. The Balaban J connectivity index is 2.60. The van der Waals surface area contributed by atoms with Gasteiger partial charge < -0.3 is 10.4 Å². The van der Waals surface area contributed by atoms with Crippen molar-refractivity contribution >= 4 is 6.09 Å². The molecule has 94 valence electrons. The van der Waals surface area contributed by atoms with E-state index in [9.17, 15) is 18.0 Å². The minimum absolute atomic E-state index is 0.0533. The number of rotatable bonds is 2. The molecule has 2 N–H and O–H groups in total. The molecular weight excluding hydrogens is 225 g/mol. The quantitative estimate of drug-likeness (QED) is 0.772. The zero-order valence-electron chi connectivity index (χ0n) is 8.92. The first-order chi connectivity index (χ1) is 7.34. The number of halogens is 3. The number of carboxylic acid groups (broad SMARTS) is 1. The van der Waals surface area contributed by atoms with Gasteiger partial charge in [0.25, 0.3) is 0 Å². The first-order valence-electron chi connectivity index (χ1n) is 5.14. The summed E-state index contributed by atoms with van der Waals surface area (Å²) >= 11 is 0. The highest BCUT2D eigenvalue weighted by atomic mass is 19.4. The monoisotopic (exact) mass is 240 g/mol. The van der Waals surface area contributed by atoms with Crippen molar-refractivity contribution in [2.24, 2.45) is 0 Å². The fourth-order valence-electron chi connectivity index (χ4n) is 2.06. The number of likely N-dealkylation sites (tertiary alicyclic amines) is 1. The Morgan fingerprint density at radius 3 is 2.56 bits per heavy atom. The summed E-state index contributed by atoms with van der Waals surface area (Å²) in [7, 11) is 0. The van der Waals surface area contributed by atoms with E-state index in [0.29, 0.717) is 0 Å². The van der Waals surface area contributed by atoms with Crippen LogP contribution in [0.3, 0.4) is 0 Å². The highest BCUT2D eigenvalue weighted by Gasteiger charge is 2.45. The van der Waals surface area contributed by atoms with Crippen LogP contribution in [0.5, 0.6) is 0 Å². The fraction of sp³-hybridized carbons (Fsp3) is 0.889. The van der Waals surface area contributed by atoms with Gasteiger partial charge in [-0.05, 0) is 19.4 Å². The average Bonchev–Trinajstić information content (AvgIpc) is 2.14. The van der Waals surface area contributed by atoms with Gasteiger partial charge in [0.2, 0.25) is 0 Å². The maximum Gasteiger partial charge on any atom is 0.404 e. The average molecular weight is 240 g/mol. The van der Waals surface area contributed by atoms with E-state index in [4.69, 9.17) is 5.11 Å². The molecule has 0 saturated carbocycles. The molecule has 1 heterocycles. The number of hydrogen-bond donors (Lipinski definition) is 2. The van der Waals surface area contributed by atoms with Gasteiger partial charge in [0, 0.05) is 12.6 Å². The molecule has 2 atom stereocenters. The van der Waals surface area contributed by atoms with Crippen LogP contribution in [0.2, 0.25) is 0 Å². The van der Waals surface area contributed by atoms with Gasteiger partial charge in [-0.1, -0.05) is 6.92 Å². The lowest BCUT2D eigenvalue weighted by Crippen LogP contribution is -2.56. The highest BCUT2D eigenvalue weighted by Crippen LogP contribution is 2.31. The number of nitrogens with one attached hydrogen (secondary N) is 1. The van der Waals surface area contributed by atoms with E-state index in [0.717, 1.165) is 0 Å². The van der Waals surface area contributed by atoms with Crippen LogP contribution in [-0.4, -0.2) is 47.4 Å². The summed E-state index contributed by atoms with van der Waals surface area (Å²) in [6.45, 7) is 2.02. The number of likely N-dealkylation sites (N-methyl/N-ethyl adjacent to an activating group) is 1. The molecule has 0 aromatic carbocycles. The van der Waals surface area contributed by atoms with Crippen LogP contribution in [0, 0.1) is 0 Å². The number of alkyl halides is 3. The molecule has 16 heavy (non-hydrogen) atoms. The fourth-order valence-corrected chi connectivity index (χ4v) is 2.06. The largest absolute Gasteiger partial charge is 0.465 e. The third-order valence-corrected chi connectivity index (χ3v) is 2.80. The van der Waals surface area contributed by atoms with Crippen molar-refractivity contribution in [1.82, 2.24) is 10.2 Å². The summed E-state index contributed by atoms with van der Waals surface area (Å²) in [6.07, 6.45) is -5.24. The van der Waals surface area contributed by atoms with Gasteiger partial charge in [0.05, 0.1) is 0 Å². The Hall–Kier alpha value is -0.980. The molecule has 1 amide bonds. The molecule has 0 aromatic rings. The number of amides is 1. The third-order valence-electron chi connectivity index (χ3n) is 2.80. The maximum absolute atomic E-state index is 12.6. The molecule has 0 bridgehead atoms. The third kappa shape index (κ3) is 3.26. The van der Waals surface area contributed by atoms with E-state index in [1.54, 1.807) is 6.92 Å². The maximum atomic E-state index is 12.6. The van der Waals surface area contributed by atoms with Gasteiger partial charge in [-0.3, -0.25) is 4.90 Å². The smallest absolute Gasteiger partial charge is 0.404 e. The van der Waals surface area contributed by atoms with E-state index in [-0.39, 0.29) is 25.9 Å². The van der Waals surface area contributed by atoms with Gasteiger partial charge in [0.1, 0.15) is 6.04 Å².